The van der Waals surface area contributed by atoms with Crippen molar-refractivity contribution in [1.29, 1.82) is 0 Å². The van der Waals surface area contributed by atoms with Crippen molar-refractivity contribution in [2.24, 2.45) is 0 Å². The Morgan fingerprint density at radius 1 is 1.21 bits per heavy atom. The van der Waals surface area contributed by atoms with Crippen LogP contribution in [0.4, 0.5) is 10.5 Å². The molecule has 0 spiro atoms. The van der Waals surface area contributed by atoms with Crippen molar-refractivity contribution < 1.29 is 19.4 Å². The fourth-order valence-corrected chi connectivity index (χ4v) is 3.73. The number of hydrogen-bond acceptors (Lipinski definition) is 4. The molecule has 0 bridgehead atoms. The zero-order valence-corrected chi connectivity index (χ0v) is 16.0. The third-order valence-electron chi connectivity index (χ3n) is 5.02. The maximum atomic E-state index is 13.3. The number of nitrogens with zero attached hydrogens (tertiary/aromatic N) is 2. The number of amides is 3. The number of anilines is 1. The van der Waals surface area contributed by atoms with Crippen LogP contribution in [0, 0.1) is 0 Å². The highest BCUT2D eigenvalue weighted by atomic mass is 35.5. The molecule has 0 aliphatic carbocycles. The molecule has 0 unspecified atom stereocenters. The Morgan fingerprint density at radius 2 is 2.00 bits per heavy atom. The molecule has 0 saturated carbocycles. The van der Waals surface area contributed by atoms with Gasteiger partial charge in [-0.15, -0.1) is 0 Å². The number of carbonyl (C=O) groups excluding carboxylic acids is 2. The highest BCUT2D eigenvalue weighted by molar-refractivity contribution is 6.31. The van der Waals surface area contributed by atoms with Gasteiger partial charge in [-0.1, -0.05) is 23.7 Å². The molecule has 2 aromatic carbocycles. The van der Waals surface area contributed by atoms with E-state index in [-0.39, 0.29) is 30.0 Å². The zero-order chi connectivity index (χ0) is 20.0. The van der Waals surface area contributed by atoms with Crippen LogP contribution in [0.5, 0.6) is 11.5 Å². The molecular weight excluding hydrogens is 382 g/mol. The predicted molar refractivity (Wildman–Crippen MR) is 105 cm³/mol. The number of benzene rings is 2. The molecule has 2 heterocycles. The molecule has 28 heavy (non-hydrogen) atoms. The first kappa shape index (κ1) is 18.2. The van der Waals surface area contributed by atoms with E-state index in [1.807, 2.05) is 0 Å². The van der Waals surface area contributed by atoms with Gasteiger partial charge in [0.2, 0.25) is 0 Å². The summed E-state index contributed by atoms with van der Waals surface area (Å²) in [7, 11) is 3.07. The number of halogens is 1. The van der Waals surface area contributed by atoms with Crippen molar-refractivity contribution in [2.45, 2.75) is 6.04 Å². The van der Waals surface area contributed by atoms with Gasteiger partial charge in [0.25, 0.3) is 5.91 Å². The highest BCUT2D eigenvalue weighted by Gasteiger charge is 2.43. The minimum atomic E-state index is -0.648. The summed E-state index contributed by atoms with van der Waals surface area (Å²) in [5, 5.41) is 13.2. The van der Waals surface area contributed by atoms with Crippen LogP contribution in [-0.4, -0.2) is 42.6 Å². The van der Waals surface area contributed by atoms with Gasteiger partial charge in [0.1, 0.15) is 0 Å². The Balaban J connectivity index is 1.78. The van der Waals surface area contributed by atoms with Gasteiger partial charge in [0.05, 0.1) is 31.0 Å². The monoisotopic (exact) mass is 399 g/mol. The molecule has 0 saturated heterocycles. The van der Waals surface area contributed by atoms with Gasteiger partial charge in [0.15, 0.2) is 11.5 Å². The number of phenolic OH excluding ortho intramolecular Hbond substituents is 1. The van der Waals surface area contributed by atoms with E-state index < -0.39 is 6.04 Å². The molecule has 2 aliphatic heterocycles. The molecule has 0 fully saturated rings. The number of urea groups is 1. The second-order valence-corrected chi connectivity index (χ2v) is 7.04. The smallest absolute Gasteiger partial charge is 0.322 e. The molecule has 8 heteroatoms. The molecule has 2 aromatic rings. The van der Waals surface area contributed by atoms with Crippen LogP contribution < -0.4 is 15.0 Å². The maximum Gasteiger partial charge on any atom is 0.322 e. The molecule has 7 nitrogen and oxygen atoms in total. The summed E-state index contributed by atoms with van der Waals surface area (Å²) in [6.45, 7) is 0.268. The van der Waals surface area contributed by atoms with Crippen molar-refractivity contribution in [1.82, 2.24) is 10.2 Å². The van der Waals surface area contributed by atoms with Gasteiger partial charge in [-0.05, 0) is 35.9 Å². The summed E-state index contributed by atoms with van der Waals surface area (Å²) in [4.78, 5) is 28.8. The van der Waals surface area contributed by atoms with Gasteiger partial charge in [-0.3, -0.25) is 9.69 Å². The minimum Gasteiger partial charge on any atom is -0.504 e. The van der Waals surface area contributed by atoms with Crippen molar-refractivity contribution in [2.75, 3.05) is 25.6 Å². The molecule has 3 amide bonds. The van der Waals surface area contributed by atoms with Gasteiger partial charge in [0, 0.05) is 17.8 Å². The number of likely N-dealkylation sites (N-methyl/N-ethyl adjacent to an activating group) is 1. The number of rotatable bonds is 3. The topological polar surface area (TPSA) is 82.1 Å². The summed E-state index contributed by atoms with van der Waals surface area (Å²) in [6.07, 6.45) is 0. The van der Waals surface area contributed by atoms with E-state index in [1.54, 1.807) is 48.3 Å². The Labute approximate surface area is 166 Å². The van der Waals surface area contributed by atoms with Crippen molar-refractivity contribution in [3.63, 3.8) is 0 Å². The van der Waals surface area contributed by atoms with Crippen LogP contribution >= 0.6 is 11.6 Å². The third kappa shape index (κ3) is 2.84. The number of methoxy groups -OCH3 is 1. The van der Waals surface area contributed by atoms with Crippen LogP contribution in [0.2, 0.25) is 5.02 Å². The summed E-state index contributed by atoms with van der Waals surface area (Å²) in [5.74, 6) is 0.0455. The lowest BCUT2D eigenvalue weighted by Gasteiger charge is -2.31. The van der Waals surface area contributed by atoms with E-state index in [9.17, 15) is 14.7 Å². The molecule has 4 rings (SSSR count). The largest absolute Gasteiger partial charge is 0.504 e. The number of hydrogen-bond donors (Lipinski definition) is 2. The van der Waals surface area contributed by atoms with Gasteiger partial charge in [-0.25, -0.2) is 4.79 Å². The van der Waals surface area contributed by atoms with E-state index in [2.05, 4.69) is 5.32 Å². The maximum absolute atomic E-state index is 13.3. The second-order valence-electron chi connectivity index (χ2n) is 6.60. The lowest BCUT2D eigenvalue weighted by atomic mass is 9.95. The van der Waals surface area contributed by atoms with Crippen molar-refractivity contribution in [3.8, 4) is 11.5 Å². The predicted octanol–water partition coefficient (Wildman–Crippen LogP) is 3.05. The first-order valence-electron chi connectivity index (χ1n) is 8.62. The Bertz CT molecular complexity index is 1020. The van der Waals surface area contributed by atoms with E-state index in [0.29, 0.717) is 27.5 Å². The van der Waals surface area contributed by atoms with E-state index in [1.165, 1.54) is 18.1 Å². The van der Waals surface area contributed by atoms with Crippen LogP contribution in [0.3, 0.4) is 0 Å². The average Bonchev–Trinajstić information content (AvgIpc) is 3.03. The minimum absolute atomic E-state index is 0.0157. The second kappa shape index (κ2) is 6.76. The fraction of sp³-hybridized carbons (Fsp3) is 0.200. The molecule has 0 radical (unpaired) electrons. The Morgan fingerprint density at radius 3 is 2.71 bits per heavy atom. The number of ether oxygens (including phenoxy) is 1. The lowest BCUT2D eigenvalue weighted by Crippen LogP contribution is -2.45. The number of aromatic hydroxyl groups is 1. The molecule has 0 aromatic heterocycles. The Hall–Kier alpha value is -3.19. The van der Waals surface area contributed by atoms with Crippen molar-refractivity contribution in [3.05, 3.63) is 64.3 Å². The summed E-state index contributed by atoms with van der Waals surface area (Å²) in [5.41, 5.74) is 2.42. The van der Waals surface area contributed by atoms with Gasteiger partial charge < -0.3 is 20.1 Å². The Kier molecular flexibility index (Phi) is 4.39. The number of phenols is 1. The molecule has 1 atom stereocenters. The third-order valence-corrected chi connectivity index (χ3v) is 5.25. The fourth-order valence-electron chi connectivity index (χ4n) is 3.54. The number of carbonyl (C=O) groups is 2. The molecule has 2 aliphatic rings. The normalized spacial score (nSPS) is 19.0. The zero-order valence-electron chi connectivity index (χ0n) is 15.3. The molecule has 2 N–H and O–H groups in total. The first-order valence-corrected chi connectivity index (χ1v) is 9.00. The lowest BCUT2D eigenvalue weighted by molar-refractivity contribution is -0.114. The summed E-state index contributed by atoms with van der Waals surface area (Å²) < 4.78 is 5.17. The van der Waals surface area contributed by atoms with Gasteiger partial charge in [-0.2, -0.15) is 0 Å². The van der Waals surface area contributed by atoms with Crippen molar-refractivity contribution >= 4 is 29.2 Å². The first-order chi connectivity index (χ1) is 13.4. The highest BCUT2D eigenvalue weighted by Crippen LogP contribution is 2.39. The quantitative estimate of drug-likeness (QED) is 0.831. The van der Waals surface area contributed by atoms with Crippen LogP contribution in [0.1, 0.15) is 11.6 Å². The standard InChI is InChI=1S/C20H18ClN3O4/c1-23-14-10-24(13-5-3-4-12(21)9-13)19(26)17(14)18(22-20(23)27)11-6-7-15(25)16(8-11)28-2/h3-9,18,25H,10H2,1-2H3,(H,22,27)/t18-/m0/s1. The molecule has 144 valence electrons. The van der Waals surface area contributed by atoms with E-state index in [0.717, 1.165) is 0 Å². The van der Waals surface area contributed by atoms with Gasteiger partial charge >= 0.3 is 6.03 Å². The van der Waals surface area contributed by atoms with E-state index >= 15 is 0 Å². The van der Waals surface area contributed by atoms with Crippen LogP contribution in [0.15, 0.2) is 53.7 Å². The van der Waals surface area contributed by atoms with E-state index in [4.69, 9.17) is 16.3 Å². The number of nitrogens with one attached hydrogen (secondary N) is 1. The van der Waals surface area contributed by atoms with Crippen LogP contribution in [0.25, 0.3) is 0 Å². The summed E-state index contributed by atoms with van der Waals surface area (Å²) >= 11 is 6.08. The average molecular weight is 400 g/mol. The summed E-state index contributed by atoms with van der Waals surface area (Å²) in [6, 6.07) is 10.8. The van der Waals surface area contributed by atoms with Crippen LogP contribution in [-0.2, 0) is 4.79 Å². The SMILES string of the molecule is COc1cc([C@@H]2NC(=O)N(C)C3=C2C(=O)N(c2cccc(Cl)c2)C3)ccc1O. The molecular formula is C20H18ClN3O4.